The van der Waals surface area contributed by atoms with E-state index in [1.807, 2.05) is 31.2 Å². The topological polar surface area (TPSA) is 85.7 Å². The molecule has 0 spiro atoms. The fourth-order valence-corrected chi connectivity index (χ4v) is 4.47. The van der Waals surface area contributed by atoms with Crippen LogP contribution in [0.2, 0.25) is 0 Å². The van der Waals surface area contributed by atoms with E-state index in [1.54, 1.807) is 22.8 Å². The van der Waals surface area contributed by atoms with Crippen molar-refractivity contribution < 1.29 is 14.3 Å². The minimum Gasteiger partial charge on any atom is -0.493 e. The van der Waals surface area contributed by atoms with Crippen LogP contribution in [0.1, 0.15) is 24.7 Å². The maximum atomic E-state index is 13.1. The zero-order chi connectivity index (χ0) is 23.5. The van der Waals surface area contributed by atoms with Crippen molar-refractivity contribution in [3.63, 3.8) is 0 Å². The van der Waals surface area contributed by atoms with E-state index in [0.717, 1.165) is 36.4 Å². The molecule has 1 N–H and O–H groups in total. The highest BCUT2D eigenvalue weighted by molar-refractivity contribution is 5.95. The van der Waals surface area contributed by atoms with Crippen molar-refractivity contribution in [2.75, 3.05) is 44.8 Å². The molecule has 176 valence electrons. The van der Waals surface area contributed by atoms with E-state index in [4.69, 9.17) is 14.5 Å². The van der Waals surface area contributed by atoms with Gasteiger partial charge in [0.05, 0.1) is 37.3 Å². The molecule has 8 heteroatoms. The van der Waals surface area contributed by atoms with Crippen LogP contribution in [0.3, 0.4) is 0 Å². The van der Waals surface area contributed by atoms with Gasteiger partial charge in [0.25, 0.3) is 5.56 Å². The molecule has 0 bridgehead atoms. The maximum Gasteiger partial charge on any atom is 0.261 e. The van der Waals surface area contributed by atoms with E-state index in [2.05, 4.69) is 16.3 Å². The van der Waals surface area contributed by atoms with Gasteiger partial charge in [-0.15, -0.1) is 0 Å². The van der Waals surface area contributed by atoms with Crippen LogP contribution in [0, 0.1) is 0 Å². The Labute approximate surface area is 197 Å². The minimum absolute atomic E-state index is 0.0623. The smallest absolute Gasteiger partial charge is 0.261 e. The number of hydrogen-bond acceptors (Lipinski definition) is 6. The van der Waals surface area contributed by atoms with Crippen molar-refractivity contribution >= 4 is 34.1 Å². The molecule has 2 aliphatic heterocycles. The second kappa shape index (κ2) is 9.79. The summed E-state index contributed by atoms with van der Waals surface area (Å²) in [4.78, 5) is 32.6. The molecule has 1 saturated heterocycles. The van der Waals surface area contributed by atoms with Gasteiger partial charge in [0.2, 0.25) is 5.91 Å². The van der Waals surface area contributed by atoms with Gasteiger partial charge >= 0.3 is 0 Å². The number of fused-ring (bicyclic) bond motifs is 2. The Morgan fingerprint density at radius 3 is 2.82 bits per heavy atom. The van der Waals surface area contributed by atoms with Crippen LogP contribution in [0.15, 0.2) is 47.3 Å². The third-order valence-corrected chi connectivity index (χ3v) is 6.15. The summed E-state index contributed by atoms with van der Waals surface area (Å²) in [6.45, 7) is 6.23. The van der Waals surface area contributed by atoms with Gasteiger partial charge in [0, 0.05) is 30.9 Å². The summed E-state index contributed by atoms with van der Waals surface area (Å²) in [5, 5.41) is 3.49. The lowest BCUT2D eigenvalue weighted by atomic mass is 10.1. The number of benzene rings is 2. The summed E-state index contributed by atoms with van der Waals surface area (Å²) in [6.07, 6.45) is 2.78. The Hall–Kier alpha value is -3.49. The van der Waals surface area contributed by atoms with Crippen molar-refractivity contribution in [3.05, 3.63) is 64.2 Å². The number of ether oxygens (including phenoxy) is 2. The van der Waals surface area contributed by atoms with Crippen molar-refractivity contribution in [1.82, 2.24) is 14.5 Å². The molecule has 2 aliphatic rings. The predicted octanol–water partition coefficient (Wildman–Crippen LogP) is 3.01. The average Bonchev–Trinajstić information content (AvgIpc) is 3.24. The fourth-order valence-electron chi connectivity index (χ4n) is 4.47. The van der Waals surface area contributed by atoms with Crippen LogP contribution in [-0.4, -0.2) is 59.8 Å². The predicted molar refractivity (Wildman–Crippen MR) is 132 cm³/mol. The van der Waals surface area contributed by atoms with E-state index in [9.17, 15) is 9.59 Å². The number of carbonyl (C=O) groups excluding carboxylic acids is 1. The van der Waals surface area contributed by atoms with Gasteiger partial charge in [-0.1, -0.05) is 18.2 Å². The lowest BCUT2D eigenvalue weighted by molar-refractivity contribution is -0.118. The third kappa shape index (κ3) is 4.60. The monoisotopic (exact) mass is 460 g/mol. The van der Waals surface area contributed by atoms with Crippen molar-refractivity contribution in [1.29, 1.82) is 0 Å². The zero-order valence-electron chi connectivity index (χ0n) is 19.3. The standard InChI is InChI=1S/C26H28N4O4/c1-2-34-23-6-4-3-5-18(23)15-19-9-10-30-25(19)28-22-16-20(7-8-21(22)26(30)32)27-24(31)17-29-11-13-33-14-12-29/h3-8,15-16H,2,9-14,17H2,1H3,(H,27,31). The van der Waals surface area contributed by atoms with Gasteiger partial charge in [-0.25, -0.2) is 4.98 Å². The summed E-state index contributed by atoms with van der Waals surface area (Å²) in [7, 11) is 0. The lowest BCUT2D eigenvalue weighted by Crippen LogP contribution is -2.41. The molecule has 5 rings (SSSR count). The molecule has 0 atom stereocenters. The highest BCUT2D eigenvalue weighted by Crippen LogP contribution is 2.30. The van der Waals surface area contributed by atoms with Gasteiger partial charge in [-0.2, -0.15) is 0 Å². The first-order valence-corrected chi connectivity index (χ1v) is 11.7. The molecule has 1 fully saturated rings. The maximum absolute atomic E-state index is 13.1. The third-order valence-electron chi connectivity index (χ3n) is 6.15. The Bertz CT molecular complexity index is 1310. The SMILES string of the molecule is CCOc1ccccc1C=C1CCn2c1nc1cc(NC(=O)CN3CCOCC3)ccc1c2=O. The lowest BCUT2D eigenvalue weighted by Gasteiger charge is -2.25. The van der Waals surface area contributed by atoms with E-state index >= 15 is 0 Å². The highest BCUT2D eigenvalue weighted by Gasteiger charge is 2.22. The van der Waals surface area contributed by atoms with Crippen LogP contribution < -0.4 is 15.6 Å². The summed E-state index contributed by atoms with van der Waals surface area (Å²) in [6, 6.07) is 13.1. The number of hydrogen-bond donors (Lipinski definition) is 1. The van der Waals surface area contributed by atoms with E-state index in [1.165, 1.54) is 0 Å². The molecule has 0 radical (unpaired) electrons. The molecule has 1 amide bonds. The molecule has 0 aliphatic carbocycles. The van der Waals surface area contributed by atoms with E-state index in [-0.39, 0.29) is 11.5 Å². The summed E-state index contributed by atoms with van der Waals surface area (Å²) in [5.41, 5.74) is 3.10. The van der Waals surface area contributed by atoms with E-state index in [0.29, 0.717) is 55.3 Å². The fraction of sp³-hybridized carbons (Fsp3) is 0.346. The Kier molecular flexibility index (Phi) is 6.42. The number of anilines is 1. The van der Waals surface area contributed by atoms with Gasteiger partial charge in [-0.3, -0.25) is 19.1 Å². The normalized spacial score (nSPS) is 17.1. The number of morpholine rings is 1. The molecular formula is C26H28N4O4. The summed E-state index contributed by atoms with van der Waals surface area (Å²) >= 11 is 0. The Morgan fingerprint density at radius 1 is 1.18 bits per heavy atom. The molecule has 3 aromatic rings. The quantitative estimate of drug-likeness (QED) is 0.609. The number of nitrogens with one attached hydrogen (secondary N) is 1. The Balaban J connectivity index is 1.43. The van der Waals surface area contributed by atoms with Gasteiger partial charge in [0.15, 0.2) is 0 Å². The molecule has 1 aromatic heterocycles. The summed E-state index contributed by atoms with van der Waals surface area (Å²) < 4.78 is 12.8. The van der Waals surface area contributed by atoms with Gasteiger partial charge in [0.1, 0.15) is 11.6 Å². The number of amides is 1. The second-order valence-corrected chi connectivity index (χ2v) is 8.45. The molecular weight excluding hydrogens is 432 g/mol. The first kappa shape index (κ1) is 22.3. The van der Waals surface area contributed by atoms with Crippen LogP contribution in [0.5, 0.6) is 5.75 Å². The van der Waals surface area contributed by atoms with E-state index < -0.39 is 0 Å². The first-order chi connectivity index (χ1) is 16.6. The molecule has 2 aromatic carbocycles. The van der Waals surface area contributed by atoms with Crippen molar-refractivity contribution in [2.45, 2.75) is 19.9 Å². The summed E-state index contributed by atoms with van der Waals surface area (Å²) in [5.74, 6) is 1.39. The van der Waals surface area contributed by atoms with Crippen LogP contribution in [0.4, 0.5) is 5.69 Å². The van der Waals surface area contributed by atoms with Gasteiger partial charge < -0.3 is 14.8 Å². The molecule has 0 saturated carbocycles. The van der Waals surface area contributed by atoms with Crippen molar-refractivity contribution in [3.8, 4) is 5.75 Å². The van der Waals surface area contributed by atoms with Crippen molar-refractivity contribution in [2.24, 2.45) is 0 Å². The van der Waals surface area contributed by atoms with Crippen LogP contribution in [-0.2, 0) is 16.1 Å². The molecule has 34 heavy (non-hydrogen) atoms. The highest BCUT2D eigenvalue weighted by atomic mass is 16.5. The minimum atomic E-state index is -0.0905. The Morgan fingerprint density at radius 2 is 2.00 bits per heavy atom. The number of rotatable bonds is 6. The first-order valence-electron chi connectivity index (χ1n) is 11.7. The van der Waals surface area contributed by atoms with Crippen LogP contribution >= 0.6 is 0 Å². The second-order valence-electron chi connectivity index (χ2n) is 8.45. The average molecular weight is 461 g/mol. The largest absolute Gasteiger partial charge is 0.493 e. The number of aromatic nitrogens is 2. The number of allylic oxidation sites excluding steroid dienone is 1. The number of carbonyl (C=O) groups is 1. The molecule has 8 nitrogen and oxygen atoms in total. The number of nitrogens with zero attached hydrogens (tertiary/aromatic N) is 3. The molecule has 0 unspecified atom stereocenters. The van der Waals surface area contributed by atoms with Crippen LogP contribution in [0.25, 0.3) is 22.6 Å². The zero-order valence-corrected chi connectivity index (χ0v) is 19.3. The molecule has 3 heterocycles. The number of para-hydroxylation sites is 1. The van der Waals surface area contributed by atoms with Gasteiger partial charge in [-0.05, 0) is 49.3 Å².